The topological polar surface area (TPSA) is 55.4 Å². The van der Waals surface area contributed by atoms with E-state index in [0.29, 0.717) is 6.29 Å². The Morgan fingerprint density at radius 1 is 1.33 bits per heavy atom. The van der Waals surface area contributed by atoms with Crippen molar-refractivity contribution in [2.24, 2.45) is 0 Å². The zero-order valence-corrected chi connectivity index (χ0v) is 10.2. The minimum absolute atomic E-state index is 0.0834. The Bertz CT molecular complexity index is 481. The van der Waals surface area contributed by atoms with Gasteiger partial charge in [0.15, 0.2) is 11.6 Å². The van der Waals surface area contributed by atoms with Gasteiger partial charge in [-0.15, -0.1) is 0 Å². The van der Waals surface area contributed by atoms with Crippen LogP contribution in [0.5, 0.6) is 0 Å². The minimum Gasteiger partial charge on any atom is -0.444 e. The molecule has 0 unspecified atom stereocenters. The summed E-state index contributed by atoms with van der Waals surface area (Å²) in [4.78, 5) is 21.9. The summed E-state index contributed by atoms with van der Waals surface area (Å²) in [5, 5.41) is 2.05. The van der Waals surface area contributed by atoms with E-state index in [1.807, 2.05) is 5.32 Å². The lowest BCUT2D eigenvalue weighted by Crippen LogP contribution is -2.27. The van der Waals surface area contributed by atoms with Crippen molar-refractivity contribution in [2.75, 3.05) is 5.32 Å². The van der Waals surface area contributed by atoms with E-state index >= 15 is 0 Å². The molecule has 0 aliphatic carbocycles. The van der Waals surface area contributed by atoms with Crippen LogP contribution in [0.25, 0.3) is 0 Å². The molecule has 0 bridgehead atoms. The monoisotopic (exact) mass is 257 g/mol. The fourth-order valence-corrected chi connectivity index (χ4v) is 1.18. The molecule has 1 rings (SSSR count). The molecule has 0 heterocycles. The molecule has 0 aromatic heterocycles. The van der Waals surface area contributed by atoms with E-state index in [1.54, 1.807) is 20.8 Å². The molecule has 0 aliphatic rings. The van der Waals surface area contributed by atoms with Crippen molar-refractivity contribution >= 4 is 18.1 Å². The molecule has 0 saturated carbocycles. The molecule has 18 heavy (non-hydrogen) atoms. The Labute approximate surface area is 103 Å². The van der Waals surface area contributed by atoms with Crippen molar-refractivity contribution in [1.29, 1.82) is 0 Å². The Hall–Kier alpha value is -1.98. The molecule has 0 radical (unpaired) electrons. The van der Waals surface area contributed by atoms with Gasteiger partial charge in [0.25, 0.3) is 0 Å². The summed E-state index contributed by atoms with van der Waals surface area (Å²) in [6.45, 7) is 4.89. The Morgan fingerprint density at radius 3 is 2.44 bits per heavy atom. The number of nitrogens with one attached hydrogen (secondary N) is 1. The number of hydrogen-bond acceptors (Lipinski definition) is 3. The maximum absolute atomic E-state index is 13.4. The highest BCUT2D eigenvalue weighted by Gasteiger charge is 2.19. The second kappa shape index (κ2) is 5.12. The van der Waals surface area contributed by atoms with Crippen LogP contribution in [-0.4, -0.2) is 18.0 Å². The van der Waals surface area contributed by atoms with Gasteiger partial charge >= 0.3 is 6.09 Å². The Balaban J connectivity index is 2.94. The summed E-state index contributed by atoms with van der Waals surface area (Å²) in [5.74, 6) is -2.46. The van der Waals surface area contributed by atoms with Crippen molar-refractivity contribution in [3.63, 3.8) is 0 Å². The summed E-state index contributed by atoms with van der Waals surface area (Å²) in [6.07, 6.45) is -0.577. The molecule has 1 aromatic rings. The predicted octanol–water partition coefficient (Wildman–Crippen LogP) is 3.12. The van der Waals surface area contributed by atoms with Crippen LogP contribution >= 0.6 is 0 Å². The van der Waals surface area contributed by atoms with Crippen molar-refractivity contribution < 1.29 is 23.1 Å². The van der Waals surface area contributed by atoms with Crippen LogP contribution < -0.4 is 5.32 Å². The van der Waals surface area contributed by atoms with Crippen LogP contribution in [0, 0.1) is 11.6 Å². The van der Waals surface area contributed by atoms with E-state index in [4.69, 9.17) is 4.74 Å². The Kier molecular flexibility index (Phi) is 4.00. The SMILES string of the molecule is CC(C)(C)OC(=O)Nc1cc(C=O)cc(F)c1F. The summed E-state index contributed by atoms with van der Waals surface area (Å²) in [7, 11) is 0. The van der Waals surface area contributed by atoms with Gasteiger partial charge in [-0.25, -0.2) is 13.6 Å². The first-order valence-electron chi connectivity index (χ1n) is 5.17. The van der Waals surface area contributed by atoms with Gasteiger partial charge in [-0.2, -0.15) is 0 Å². The molecule has 0 aliphatic heterocycles. The first-order valence-corrected chi connectivity index (χ1v) is 5.17. The van der Waals surface area contributed by atoms with Gasteiger partial charge in [0, 0.05) is 5.56 Å². The fourth-order valence-electron chi connectivity index (χ4n) is 1.18. The van der Waals surface area contributed by atoms with E-state index < -0.39 is 29.0 Å². The standard InChI is InChI=1S/C12H13F2NO3/c1-12(2,3)18-11(17)15-9-5-7(6-16)4-8(13)10(9)14/h4-6H,1-3H3,(H,15,17). The van der Waals surface area contributed by atoms with E-state index in [2.05, 4.69) is 0 Å². The number of anilines is 1. The van der Waals surface area contributed by atoms with Gasteiger partial charge in [-0.3, -0.25) is 10.1 Å². The molecule has 98 valence electrons. The highest BCUT2D eigenvalue weighted by Crippen LogP contribution is 2.20. The molecule has 1 aromatic carbocycles. The molecular weight excluding hydrogens is 244 g/mol. The van der Waals surface area contributed by atoms with E-state index in [0.717, 1.165) is 12.1 Å². The van der Waals surface area contributed by atoms with Gasteiger partial charge < -0.3 is 4.74 Å². The molecule has 4 nitrogen and oxygen atoms in total. The summed E-state index contributed by atoms with van der Waals surface area (Å²) < 4.78 is 31.3. The molecule has 0 spiro atoms. The highest BCUT2D eigenvalue weighted by atomic mass is 19.2. The average molecular weight is 257 g/mol. The lowest BCUT2D eigenvalue weighted by Gasteiger charge is -2.19. The number of ether oxygens (including phenoxy) is 1. The number of amides is 1. The third-order valence-corrected chi connectivity index (χ3v) is 1.82. The van der Waals surface area contributed by atoms with Gasteiger partial charge in [-0.05, 0) is 32.9 Å². The summed E-state index contributed by atoms with van der Waals surface area (Å²) in [6, 6.07) is 1.76. The number of rotatable bonds is 2. The van der Waals surface area contributed by atoms with Crippen molar-refractivity contribution in [3.05, 3.63) is 29.3 Å². The van der Waals surface area contributed by atoms with Crippen LogP contribution in [0.15, 0.2) is 12.1 Å². The van der Waals surface area contributed by atoms with Gasteiger partial charge in [-0.1, -0.05) is 0 Å². The van der Waals surface area contributed by atoms with Crippen LogP contribution in [0.3, 0.4) is 0 Å². The first kappa shape index (κ1) is 14.1. The third-order valence-electron chi connectivity index (χ3n) is 1.82. The lowest BCUT2D eigenvalue weighted by atomic mass is 10.2. The maximum atomic E-state index is 13.4. The van der Waals surface area contributed by atoms with E-state index in [9.17, 15) is 18.4 Å². The smallest absolute Gasteiger partial charge is 0.412 e. The number of benzene rings is 1. The minimum atomic E-state index is -1.24. The normalized spacial score (nSPS) is 10.9. The maximum Gasteiger partial charge on any atom is 0.412 e. The number of carbonyl (C=O) groups excluding carboxylic acids is 2. The quantitative estimate of drug-likeness (QED) is 0.828. The van der Waals surface area contributed by atoms with Crippen LogP contribution in [0.1, 0.15) is 31.1 Å². The molecule has 6 heteroatoms. The zero-order valence-electron chi connectivity index (χ0n) is 10.2. The van der Waals surface area contributed by atoms with Crippen molar-refractivity contribution in [1.82, 2.24) is 0 Å². The number of hydrogen-bond donors (Lipinski definition) is 1. The molecule has 0 fully saturated rings. The first-order chi connectivity index (χ1) is 8.23. The largest absolute Gasteiger partial charge is 0.444 e. The number of carbonyl (C=O) groups is 2. The van der Waals surface area contributed by atoms with Gasteiger partial charge in [0.1, 0.15) is 11.9 Å². The predicted molar refractivity (Wildman–Crippen MR) is 61.6 cm³/mol. The third kappa shape index (κ3) is 3.80. The van der Waals surface area contributed by atoms with Crippen LogP contribution in [0.4, 0.5) is 19.3 Å². The Morgan fingerprint density at radius 2 is 1.94 bits per heavy atom. The van der Waals surface area contributed by atoms with Gasteiger partial charge in [0.2, 0.25) is 0 Å². The summed E-state index contributed by atoms with van der Waals surface area (Å²) in [5.41, 5.74) is -1.28. The second-order valence-electron chi connectivity index (χ2n) is 4.61. The number of halogens is 2. The van der Waals surface area contributed by atoms with E-state index in [1.165, 1.54) is 0 Å². The zero-order chi connectivity index (χ0) is 13.9. The average Bonchev–Trinajstić information content (AvgIpc) is 2.21. The molecule has 0 atom stereocenters. The number of aldehydes is 1. The van der Waals surface area contributed by atoms with Crippen LogP contribution in [-0.2, 0) is 4.74 Å². The molecule has 1 amide bonds. The van der Waals surface area contributed by atoms with Crippen molar-refractivity contribution in [2.45, 2.75) is 26.4 Å². The molecule has 0 saturated heterocycles. The fraction of sp³-hybridized carbons (Fsp3) is 0.333. The van der Waals surface area contributed by atoms with E-state index in [-0.39, 0.29) is 5.56 Å². The van der Waals surface area contributed by atoms with Crippen molar-refractivity contribution in [3.8, 4) is 0 Å². The second-order valence-corrected chi connectivity index (χ2v) is 4.61. The lowest BCUT2D eigenvalue weighted by molar-refractivity contribution is 0.0635. The highest BCUT2D eigenvalue weighted by molar-refractivity contribution is 5.87. The molecule has 1 N–H and O–H groups in total. The molecular formula is C12H13F2NO3. The van der Waals surface area contributed by atoms with Crippen LogP contribution in [0.2, 0.25) is 0 Å². The summed E-state index contributed by atoms with van der Waals surface area (Å²) >= 11 is 0. The van der Waals surface area contributed by atoms with Gasteiger partial charge in [0.05, 0.1) is 5.69 Å².